The van der Waals surface area contributed by atoms with E-state index in [0.717, 1.165) is 22.4 Å². The molecule has 0 saturated carbocycles. The van der Waals surface area contributed by atoms with Crippen LogP contribution in [0.2, 0.25) is 5.02 Å². The summed E-state index contributed by atoms with van der Waals surface area (Å²) in [7, 11) is 0. The summed E-state index contributed by atoms with van der Waals surface area (Å²) in [5, 5.41) is 9.67. The first-order valence-electron chi connectivity index (χ1n) is 9.82. The Morgan fingerprint density at radius 2 is 1.93 bits per heavy atom. The minimum atomic E-state index is 0.0245. The van der Waals surface area contributed by atoms with Crippen LogP contribution in [0.15, 0.2) is 66.7 Å². The van der Waals surface area contributed by atoms with Gasteiger partial charge in [0.05, 0.1) is 11.6 Å². The molecule has 1 atom stereocenters. The zero-order chi connectivity index (χ0) is 21.1. The predicted octanol–water partition coefficient (Wildman–Crippen LogP) is 5.62. The molecule has 1 heterocycles. The Balaban J connectivity index is 1.55. The molecule has 0 aliphatic carbocycles. The molecule has 3 aromatic carbocycles. The predicted molar refractivity (Wildman–Crippen MR) is 118 cm³/mol. The van der Waals surface area contributed by atoms with E-state index < -0.39 is 0 Å². The highest BCUT2D eigenvalue weighted by Crippen LogP contribution is 2.38. The van der Waals surface area contributed by atoms with Gasteiger partial charge in [0.25, 0.3) is 0 Å². The Hall–Kier alpha value is -3.29. The summed E-state index contributed by atoms with van der Waals surface area (Å²) < 4.78 is 6.08. The van der Waals surface area contributed by atoms with Gasteiger partial charge in [-0.05, 0) is 54.4 Å². The van der Waals surface area contributed by atoms with Gasteiger partial charge in [0.2, 0.25) is 5.91 Å². The molecule has 0 radical (unpaired) electrons. The van der Waals surface area contributed by atoms with E-state index in [0.29, 0.717) is 35.9 Å². The number of carbonyl (C=O) groups is 1. The van der Waals surface area contributed by atoms with Crippen LogP contribution < -0.4 is 9.64 Å². The fraction of sp³-hybridized carbons (Fsp3) is 0.200. The first-order valence-corrected chi connectivity index (χ1v) is 10.2. The lowest BCUT2D eigenvalue weighted by atomic mass is 9.97. The molecular weight excluding hydrogens is 396 g/mol. The highest BCUT2D eigenvalue weighted by atomic mass is 35.5. The maximum atomic E-state index is 12.7. The number of rotatable bonds is 5. The van der Waals surface area contributed by atoms with Gasteiger partial charge in [0.1, 0.15) is 12.4 Å². The van der Waals surface area contributed by atoms with Crippen molar-refractivity contribution < 1.29 is 9.53 Å². The number of amides is 1. The lowest BCUT2D eigenvalue weighted by Gasteiger charge is -2.19. The molecular formula is C25H21ClN2O2. The van der Waals surface area contributed by atoms with Gasteiger partial charge in [0.15, 0.2) is 0 Å². The normalized spacial score (nSPS) is 15.8. The lowest BCUT2D eigenvalue weighted by Crippen LogP contribution is -2.24. The molecule has 150 valence electrons. The number of ether oxygens (including phenoxy) is 1. The molecule has 1 saturated heterocycles. The third kappa shape index (κ3) is 4.32. The van der Waals surface area contributed by atoms with Crippen LogP contribution in [0.1, 0.15) is 34.6 Å². The molecule has 1 fully saturated rings. The molecule has 4 nitrogen and oxygen atoms in total. The van der Waals surface area contributed by atoms with Crippen molar-refractivity contribution in [3.63, 3.8) is 0 Å². The van der Waals surface area contributed by atoms with Gasteiger partial charge in [0, 0.05) is 29.6 Å². The summed E-state index contributed by atoms with van der Waals surface area (Å²) in [6.45, 7) is 2.96. The number of hydrogen-bond acceptors (Lipinski definition) is 3. The van der Waals surface area contributed by atoms with Crippen LogP contribution in [0, 0.1) is 18.3 Å². The van der Waals surface area contributed by atoms with Crippen molar-refractivity contribution in [2.24, 2.45) is 0 Å². The van der Waals surface area contributed by atoms with Crippen LogP contribution in [0.3, 0.4) is 0 Å². The average Bonchev–Trinajstić information content (AvgIpc) is 3.14. The first kappa shape index (κ1) is 20.0. The van der Waals surface area contributed by atoms with E-state index in [4.69, 9.17) is 21.6 Å². The van der Waals surface area contributed by atoms with Crippen LogP contribution in [0.4, 0.5) is 5.69 Å². The van der Waals surface area contributed by atoms with Crippen LogP contribution in [-0.4, -0.2) is 12.5 Å². The number of nitriles is 1. The molecule has 1 amide bonds. The van der Waals surface area contributed by atoms with Gasteiger partial charge in [-0.25, -0.2) is 0 Å². The Morgan fingerprint density at radius 1 is 1.13 bits per heavy atom. The van der Waals surface area contributed by atoms with Crippen molar-refractivity contribution in [1.82, 2.24) is 0 Å². The summed E-state index contributed by atoms with van der Waals surface area (Å²) in [6, 6.07) is 23.0. The number of anilines is 1. The minimum Gasteiger partial charge on any atom is -0.489 e. The fourth-order valence-corrected chi connectivity index (χ4v) is 3.91. The zero-order valence-electron chi connectivity index (χ0n) is 16.6. The van der Waals surface area contributed by atoms with Gasteiger partial charge in [-0.1, -0.05) is 47.5 Å². The van der Waals surface area contributed by atoms with Crippen LogP contribution in [-0.2, 0) is 11.4 Å². The molecule has 4 rings (SSSR count). The zero-order valence-corrected chi connectivity index (χ0v) is 17.4. The van der Waals surface area contributed by atoms with E-state index in [1.54, 1.807) is 12.1 Å². The number of benzene rings is 3. The molecule has 0 bridgehead atoms. The quantitative estimate of drug-likeness (QED) is 0.542. The van der Waals surface area contributed by atoms with E-state index in [9.17, 15) is 4.79 Å². The molecule has 1 aliphatic heterocycles. The summed E-state index contributed by atoms with van der Waals surface area (Å²) >= 11 is 6.22. The fourth-order valence-electron chi connectivity index (χ4n) is 3.75. The number of aryl methyl sites for hydroxylation is 1. The third-order valence-corrected chi connectivity index (χ3v) is 5.57. The molecule has 0 N–H and O–H groups in total. The van der Waals surface area contributed by atoms with Crippen LogP contribution in [0.5, 0.6) is 5.75 Å². The Kier molecular flexibility index (Phi) is 5.74. The van der Waals surface area contributed by atoms with Crippen LogP contribution in [0.25, 0.3) is 0 Å². The maximum absolute atomic E-state index is 12.7. The van der Waals surface area contributed by atoms with E-state index in [1.807, 2.05) is 66.4 Å². The summed E-state index contributed by atoms with van der Waals surface area (Å²) in [6.07, 6.45) is 0.426. The number of nitrogens with zero attached hydrogens (tertiary/aromatic N) is 2. The Bertz CT molecular complexity index is 1120. The van der Waals surface area contributed by atoms with Crippen molar-refractivity contribution in [3.05, 3.63) is 94.0 Å². The molecule has 0 spiro atoms. The third-order valence-electron chi connectivity index (χ3n) is 5.34. The molecule has 3 aromatic rings. The van der Waals surface area contributed by atoms with Gasteiger partial charge < -0.3 is 9.64 Å². The highest BCUT2D eigenvalue weighted by Gasteiger charge is 2.33. The Labute approximate surface area is 181 Å². The SMILES string of the molecule is Cc1ccc(N2CC(c3ccc(Cl)cc3OCc3cccc(C#N)c3)CC2=O)cc1. The highest BCUT2D eigenvalue weighted by molar-refractivity contribution is 6.30. The van der Waals surface area contributed by atoms with Crippen molar-refractivity contribution in [3.8, 4) is 11.8 Å². The van der Waals surface area contributed by atoms with Crippen molar-refractivity contribution >= 4 is 23.2 Å². The van der Waals surface area contributed by atoms with Gasteiger partial charge >= 0.3 is 0 Å². The monoisotopic (exact) mass is 416 g/mol. The summed E-state index contributed by atoms with van der Waals surface area (Å²) in [5.74, 6) is 0.802. The van der Waals surface area contributed by atoms with Gasteiger partial charge in [-0.2, -0.15) is 5.26 Å². The van der Waals surface area contributed by atoms with Crippen molar-refractivity contribution in [1.29, 1.82) is 5.26 Å². The largest absolute Gasteiger partial charge is 0.489 e. The molecule has 1 unspecified atom stereocenters. The number of hydrogen-bond donors (Lipinski definition) is 0. The topological polar surface area (TPSA) is 53.3 Å². The van der Waals surface area contributed by atoms with Gasteiger partial charge in [-0.15, -0.1) is 0 Å². The smallest absolute Gasteiger partial charge is 0.227 e. The van der Waals surface area contributed by atoms with Crippen molar-refractivity contribution in [2.75, 3.05) is 11.4 Å². The summed E-state index contributed by atoms with van der Waals surface area (Å²) in [4.78, 5) is 14.5. The summed E-state index contributed by atoms with van der Waals surface area (Å²) in [5.41, 5.74) is 4.55. The second-order valence-electron chi connectivity index (χ2n) is 7.52. The van der Waals surface area contributed by atoms with Crippen LogP contribution >= 0.6 is 11.6 Å². The Morgan fingerprint density at radius 3 is 2.70 bits per heavy atom. The second-order valence-corrected chi connectivity index (χ2v) is 7.96. The van der Waals surface area contributed by atoms with E-state index in [-0.39, 0.29) is 11.8 Å². The minimum absolute atomic E-state index is 0.0245. The van der Waals surface area contributed by atoms with E-state index in [1.165, 1.54) is 0 Å². The van der Waals surface area contributed by atoms with E-state index in [2.05, 4.69) is 6.07 Å². The van der Waals surface area contributed by atoms with Crippen molar-refractivity contribution in [2.45, 2.75) is 25.9 Å². The maximum Gasteiger partial charge on any atom is 0.227 e. The second kappa shape index (κ2) is 8.61. The number of halogens is 1. The standard InChI is InChI=1S/C25H21ClN2O2/c1-17-5-8-22(9-6-17)28-15-20(12-25(28)29)23-10-7-21(26)13-24(23)30-16-19-4-2-3-18(11-19)14-27/h2-11,13,20H,12,15-16H2,1H3. The van der Waals surface area contributed by atoms with E-state index >= 15 is 0 Å². The molecule has 0 aromatic heterocycles. The molecule has 1 aliphatic rings. The van der Waals surface area contributed by atoms with Gasteiger partial charge in [-0.3, -0.25) is 4.79 Å². The first-order chi connectivity index (χ1) is 14.5. The number of carbonyl (C=O) groups excluding carboxylic acids is 1. The molecule has 30 heavy (non-hydrogen) atoms. The lowest BCUT2D eigenvalue weighted by molar-refractivity contribution is -0.117. The average molecular weight is 417 g/mol. The molecule has 5 heteroatoms.